The molecule has 29 heavy (non-hydrogen) atoms. The summed E-state index contributed by atoms with van der Waals surface area (Å²) in [6, 6.07) is 10.2. The minimum atomic E-state index is -0.392. The van der Waals surface area contributed by atoms with Gasteiger partial charge in [0.15, 0.2) is 11.5 Å². The zero-order chi connectivity index (χ0) is 20.2. The maximum absolute atomic E-state index is 14.2. The number of nitrogens with zero attached hydrogens (tertiary/aromatic N) is 4. The average molecular weight is 458 g/mol. The Bertz CT molecular complexity index is 1140. The number of hydrogen-bond donors (Lipinski definition) is 1. The van der Waals surface area contributed by atoms with Crippen LogP contribution in [-0.4, -0.2) is 33.5 Å². The standard InChI is InChI=1S/C20H17BrFN5O2/c1-28-18-10-14-17(11-19(18)29-8-7-27-6-2-5-25-27)23-12-24-20(14)26-16-4-3-13(21)9-15(16)22/h2-6,9-12H,7-8H2,1H3,(H,23,24,26). The molecule has 0 fully saturated rings. The second-order valence-electron chi connectivity index (χ2n) is 6.11. The van der Waals surface area contributed by atoms with E-state index in [1.165, 1.54) is 12.4 Å². The lowest BCUT2D eigenvalue weighted by Crippen LogP contribution is -2.09. The monoisotopic (exact) mass is 457 g/mol. The van der Waals surface area contributed by atoms with Gasteiger partial charge in [0.05, 0.1) is 24.9 Å². The van der Waals surface area contributed by atoms with Crippen LogP contribution in [0.5, 0.6) is 11.5 Å². The zero-order valence-corrected chi connectivity index (χ0v) is 17.1. The Labute approximate surface area is 174 Å². The van der Waals surface area contributed by atoms with E-state index in [9.17, 15) is 4.39 Å². The predicted molar refractivity (Wildman–Crippen MR) is 111 cm³/mol. The van der Waals surface area contributed by atoms with Crippen molar-refractivity contribution in [3.8, 4) is 11.5 Å². The third kappa shape index (κ3) is 4.29. The lowest BCUT2D eigenvalue weighted by molar-refractivity contribution is 0.275. The fourth-order valence-electron chi connectivity index (χ4n) is 2.84. The molecule has 0 saturated carbocycles. The Kier molecular flexibility index (Phi) is 5.57. The molecule has 0 amide bonds. The average Bonchev–Trinajstić information content (AvgIpc) is 3.23. The Hall–Kier alpha value is -3.20. The summed E-state index contributed by atoms with van der Waals surface area (Å²) >= 11 is 3.25. The van der Waals surface area contributed by atoms with Gasteiger partial charge in [-0.3, -0.25) is 4.68 Å². The van der Waals surface area contributed by atoms with Gasteiger partial charge in [-0.1, -0.05) is 15.9 Å². The normalized spacial score (nSPS) is 10.9. The highest BCUT2D eigenvalue weighted by Crippen LogP contribution is 2.35. The van der Waals surface area contributed by atoms with Crippen LogP contribution in [0.3, 0.4) is 0 Å². The summed E-state index contributed by atoms with van der Waals surface area (Å²) in [6.07, 6.45) is 5.01. The molecule has 0 spiro atoms. The molecule has 0 aliphatic heterocycles. The first-order valence-electron chi connectivity index (χ1n) is 8.79. The molecule has 2 heterocycles. The SMILES string of the molecule is COc1cc2c(Nc3ccc(Br)cc3F)ncnc2cc1OCCn1cccn1. The molecule has 0 bridgehead atoms. The fourth-order valence-corrected chi connectivity index (χ4v) is 3.17. The van der Waals surface area contributed by atoms with Gasteiger partial charge in [-0.25, -0.2) is 14.4 Å². The maximum atomic E-state index is 14.2. The van der Waals surface area contributed by atoms with Crippen LogP contribution in [0.25, 0.3) is 10.9 Å². The first-order valence-corrected chi connectivity index (χ1v) is 9.58. The van der Waals surface area contributed by atoms with Crippen molar-refractivity contribution in [2.24, 2.45) is 0 Å². The summed E-state index contributed by atoms with van der Waals surface area (Å²) in [5.74, 6) is 1.17. The van der Waals surface area contributed by atoms with Crippen LogP contribution < -0.4 is 14.8 Å². The summed E-state index contributed by atoms with van der Waals surface area (Å²) in [4.78, 5) is 8.57. The molecule has 4 rings (SSSR count). The zero-order valence-electron chi connectivity index (χ0n) is 15.5. The van der Waals surface area contributed by atoms with Crippen LogP contribution in [0.4, 0.5) is 15.9 Å². The van der Waals surface area contributed by atoms with Crippen molar-refractivity contribution in [2.45, 2.75) is 6.54 Å². The molecule has 2 aromatic heterocycles. The van der Waals surface area contributed by atoms with Gasteiger partial charge in [0.25, 0.3) is 0 Å². The number of methoxy groups -OCH3 is 1. The van der Waals surface area contributed by atoms with Gasteiger partial charge in [-0.05, 0) is 30.3 Å². The fraction of sp³-hybridized carbons (Fsp3) is 0.150. The molecule has 0 aliphatic rings. The van der Waals surface area contributed by atoms with Crippen molar-refractivity contribution in [3.63, 3.8) is 0 Å². The van der Waals surface area contributed by atoms with Crippen LogP contribution in [0.15, 0.2) is 59.6 Å². The number of aromatic nitrogens is 4. The molecule has 7 nitrogen and oxygen atoms in total. The highest BCUT2D eigenvalue weighted by atomic mass is 79.9. The van der Waals surface area contributed by atoms with Gasteiger partial charge in [0.1, 0.15) is 24.6 Å². The third-order valence-electron chi connectivity index (χ3n) is 4.24. The molecule has 0 aliphatic carbocycles. The van der Waals surface area contributed by atoms with Crippen LogP contribution in [0.2, 0.25) is 0 Å². The maximum Gasteiger partial charge on any atom is 0.163 e. The van der Waals surface area contributed by atoms with Crippen LogP contribution >= 0.6 is 15.9 Å². The topological polar surface area (TPSA) is 74.1 Å². The second-order valence-corrected chi connectivity index (χ2v) is 7.02. The van der Waals surface area contributed by atoms with Gasteiger partial charge in [-0.2, -0.15) is 5.10 Å². The minimum absolute atomic E-state index is 0.312. The van der Waals surface area contributed by atoms with E-state index < -0.39 is 5.82 Å². The lowest BCUT2D eigenvalue weighted by atomic mass is 10.2. The quantitative estimate of drug-likeness (QED) is 0.438. The molecule has 0 unspecified atom stereocenters. The summed E-state index contributed by atoms with van der Waals surface area (Å²) in [6.45, 7) is 1.03. The first-order chi connectivity index (χ1) is 14.1. The molecule has 9 heteroatoms. The molecule has 148 valence electrons. The second kappa shape index (κ2) is 8.44. The molecule has 1 N–H and O–H groups in total. The van der Waals surface area contributed by atoms with E-state index in [1.54, 1.807) is 42.3 Å². The lowest BCUT2D eigenvalue weighted by Gasteiger charge is -2.14. The molecular weight excluding hydrogens is 441 g/mol. The number of fused-ring (bicyclic) bond motifs is 1. The molecule has 0 radical (unpaired) electrons. The van der Waals surface area contributed by atoms with Gasteiger partial charge >= 0.3 is 0 Å². The van der Waals surface area contributed by atoms with Gasteiger partial charge in [0.2, 0.25) is 0 Å². The minimum Gasteiger partial charge on any atom is -0.493 e. The van der Waals surface area contributed by atoms with E-state index in [0.717, 1.165) is 0 Å². The Morgan fingerprint density at radius 3 is 2.83 bits per heavy atom. The van der Waals surface area contributed by atoms with Gasteiger partial charge in [0, 0.05) is 28.3 Å². The van der Waals surface area contributed by atoms with E-state index in [0.29, 0.717) is 51.5 Å². The summed E-state index contributed by atoms with van der Waals surface area (Å²) in [7, 11) is 1.56. The van der Waals surface area contributed by atoms with Crippen LogP contribution in [0.1, 0.15) is 0 Å². The molecule has 4 aromatic rings. The Morgan fingerprint density at radius 1 is 1.17 bits per heavy atom. The smallest absolute Gasteiger partial charge is 0.163 e. The van der Waals surface area contributed by atoms with Crippen LogP contribution in [-0.2, 0) is 6.54 Å². The van der Waals surface area contributed by atoms with E-state index in [2.05, 4.69) is 36.3 Å². The van der Waals surface area contributed by atoms with Crippen molar-refractivity contribution < 1.29 is 13.9 Å². The number of benzene rings is 2. The highest BCUT2D eigenvalue weighted by Gasteiger charge is 2.13. The Balaban J connectivity index is 1.62. The van der Waals surface area contributed by atoms with Crippen molar-refractivity contribution in [2.75, 3.05) is 19.0 Å². The number of hydrogen-bond acceptors (Lipinski definition) is 6. The molecular formula is C20H17BrFN5O2. The largest absolute Gasteiger partial charge is 0.493 e. The number of anilines is 2. The van der Waals surface area contributed by atoms with Gasteiger partial charge < -0.3 is 14.8 Å². The molecule has 0 atom stereocenters. The number of rotatable bonds is 7. The molecule has 0 saturated heterocycles. The summed E-state index contributed by atoms with van der Waals surface area (Å²) in [5.41, 5.74) is 0.960. The van der Waals surface area contributed by atoms with E-state index >= 15 is 0 Å². The Morgan fingerprint density at radius 2 is 2.07 bits per heavy atom. The first kappa shape index (κ1) is 19.1. The number of nitrogens with one attached hydrogen (secondary N) is 1. The summed E-state index contributed by atoms with van der Waals surface area (Å²) in [5, 5.41) is 7.85. The summed E-state index contributed by atoms with van der Waals surface area (Å²) < 4.78 is 28.0. The van der Waals surface area contributed by atoms with E-state index in [4.69, 9.17) is 9.47 Å². The van der Waals surface area contributed by atoms with Crippen molar-refractivity contribution in [3.05, 3.63) is 65.4 Å². The van der Waals surface area contributed by atoms with Crippen molar-refractivity contribution in [1.29, 1.82) is 0 Å². The highest BCUT2D eigenvalue weighted by molar-refractivity contribution is 9.10. The molecule has 2 aromatic carbocycles. The van der Waals surface area contributed by atoms with Gasteiger partial charge in [-0.15, -0.1) is 0 Å². The van der Waals surface area contributed by atoms with Crippen molar-refractivity contribution in [1.82, 2.24) is 19.7 Å². The van der Waals surface area contributed by atoms with E-state index in [1.807, 2.05) is 12.3 Å². The number of halogens is 2. The predicted octanol–water partition coefficient (Wildman–Crippen LogP) is 4.56. The van der Waals surface area contributed by atoms with Crippen LogP contribution in [0, 0.1) is 5.82 Å². The number of ether oxygens (including phenoxy) is 2. The third-order valence-corrected chi connectivity index (χ3v) is 4.74. The van der Waals surface area contributed by atoms with Crippen molar-refractivity contribution >= 4 is 38.3 Å². The van der Waals surface area contributed by atoms with E-state index in [-0.39, 0.29) is 0 Å².